The zero-order valence-corrected chi connectivity index (χ0v) is 7.18. The number of halogens is 2. The molecule has 46 valence electrons. The molecule has 0 fully saturated rings. The highest BCUT2D eigenvalue weighted by Crippen LogP contribution is 2.05. The molecule has 0 aromatic heterocycles. The number of aliphatic hydroxyl groups is 1. The fourth-order valence-corrected chi connectivity index (χ4v) is 1.23. The molecule has 0 saturated carbocycles. The van der Waals surface area contributed by atoms with Crippen LogP contribution in [0.3, 0.4) is 0 Å². The summed E-state index contributed by atoms with van der Waals surface area (Å²) >= 11 is 5.99. The zero-order valence-electron chi connectivity index (χ0n) is 4.01. The van der Waals surface area contributed by atoms with E-state index >= 15 is 0 Å². The molecular weight excluding hydrogens is 238 g/mol. The maximum atomic E-state index is 8.81. The molecule has 0 bridgehead atoms. The van der Waals surface area contributed by atoms with Gasteiger partial charge in [-0.05, 0) is 0 Å². The third kappa shape index (κ3) is 2.65. The molecule has 0 aliphatic rings. The minimum atomic E-state index is -0.611. The lowest BCUT2D eigenvalue weighted by Crippen LogP contribution is -2.19. The van der Waals surface area contributed by atoms with Crippen molar-refractivity contribution < 1.29 is 5.11 Å². The van der Waals surface area contributed by atoms with E-state index in [2.05, 4.69) is 31.9 Å². The van der Waals surface area contributed by atoms with Crippen LogP contribution in [0.25, 0.3) is 0 Å². The fraction of sp³-hybridized carbons (Fsp3) is 0.750. The van der Waals surface area contributed by atoms with Gasteiger partial charge in [-0.3, -0.25) is 0 Å². The van der Waals surface area contributed by atoms with Crippen LogP contribution in [-0.4, -0.2) is 21.4 Å². The number of nitriles is 1. The van der Waals surface area contributed by atoms with E-state index in [0.717, 1.165) is 0 Å². The van der Waals surface area contributed by atoms with E-state index in [1.54, 1.807) is 0 Å². The van der Waals surface area contributed by atoms with Gasteiger partial charge in [0.15, 0.2) is 0 Å². The van der Waals surface area contributed by atoms with Crippen LogP contribution >= 0.6 is 31.9 Å². The second-order valence-electron chi connectivity index (χ2n) is 1.25. The molecule has 4 heteroatoms. The van der Waals surface area contributed by atoms with Crippen molar-refractivity contribution in [1.82, 2.24) is 0 Å². The summed E-state index contributed by atoms with van der Waals surface area (Å²) in [5.41, 5.74) is 0. The van der Waals surface area contributed by atoms with Gasteiger partial charge in [0.1, 0.15) is 4.83 Å². The number of rotatable bonds is 2. The Morgan fingerprint density at radius 2 is 2.25 bits per heavy atom. The summed E-state index contributed by atoms with van der Waals surface area (Å²) in [7, 11) is 0. The molecule has 0 aliphatic heterocycles. The van der Waals surface area contributed by atoms with Gasteiger partial charge in [-0.2, -0.15) is 5.26 Å². The number of hydrogen-bond acceptors (Lipinski definition) is 2. The molecule has 0 rings (SSSR count). The van der Waals surface area contributed by atoms with Gasteiger partial charge >= 0.3 is 0 Å². The van der Waals surface area contributed by atoms with E-state index in [9.17, 15) is 0 Å². The Morgan fingerprint density at radius 1 is 1.75 bits per heavy atom. The molecule has 0 amide bonds. The van der Waals surface area contributed by atoms with Gasteiger partial charge in [-0.1, -0.05) is 31.9 Å². The lowest BCUT2D eigenvalue weighted by Gasteiger charge is -2.04. The third-order valence-electron chi connectivity index (χ3n) is 0.619. The monoisotopic (exact) mass is 241 g/mol. The SMILES string of the molecule is N#C[C@H](Br)[C@H](O)CBr. The Hall–Kier alpha value is 0.410. The quantitative estimate of drug-likeness (QED) is 0.736. The molecule has 0 aliphatic carbocycles. The average molecular weight is 243 g/mol. The maximum Gasteiger partial charge on any atom is 0.128 e. The van der Waals surface area contributed by atoms with Gasteiger partial charge < -0.3 is 5.11 Å². The van der Waals surface area contributed by atoms with Crippen molar-refractivity contribution in [3.05, 3.63) is 0 Å². The van der Waals surface area contributed by atoms with Gasteiger partial charge in [0.2, 0.25) is 0 Å². The molecular formula is C4H5Br2NO. The van der Waals surface area contributed by atoms with E-state index in [-0.39, 0.29) is 0 Å². The summed E-state index contributed by atoms with van der Waals surface area (Å²) in [5, 5.41) is 17.4. The maximum absolute atomic E-state index is 8.81. The molecule has 0 unspecified atom stereocenters. The first-order valence-electron chi connectivity index (χ1n) is 2.00. The van der Waals surface area contributed by atoms with Crippen molar-refractivity contribution >= 4 is 31.9 Å². The second-order valence-corrected chi connectivity index (χ2v) is 2.89. The van der Waals surface area contributed by atoms with Crippen molar-refractivity contribution in [2.75, 3.05) is 5.33 Å². The van der Waals surface area contributed by atoms with Crippen LogP contribution in [0.4, 0.5) is 0 Å². The highest BCUT2D eigenvalue weighted by molar-refractivity contribution is 9.10. The molecule has 8 heavy (non-hydrogen) atoms. The van der Waals surface area contributed by atoms with Crippen LogP contribution in [0.15, 0.2) is 0 Å². The van der Waals surface area contributed by atoms with Crippen LogP contribution in [0, 0.1) is 11.3 Å². The van der Waals surface area contributed by atoms with E-state index < -0.39 is 10.9 Å². The summed E-state index contributed by atoms with van der Waals surface area (Å²) < 4.78 is 0. The first-order chi connectivity index (χ1) is 3.72. The molecule has 1 N–H and O–H groups in total. The number of aliphatic hydroxyl groups excluding tert-OH is 1. The number of nitrogens with zero attached hydrogens (tertiary/aromatic N) is 1. The molecule has 0 saturated heterocycles. The third-order valence-corrected chi connectivity index (χ3v) is 2.10. The van der Waals surface area contributed by atoms with Gasteiger partial charge in [0.05, 0.1) is 12.2 Å². The Balaban J connectivity index is 3.49. The topological polar surface area (TPSA) is 44.0 Å². The lowest BCUT2D eigenvalue weighted by atomic mass is 10.3. The van der Waals surface area contributed by atoms with Crippen LogP contribution in [-0.2, 0) is 0 Å². The Morgan fingerprint density at radius 3 is 2.38 bits per heavy atom. The molecule has 0 radical (unpaired) electrons. The van der Waals surface area contributed by atoms with Crippen molar-refractivity contribution in [3.8, 4) is 6.07 Å². The molecule has 0 spiro atoms. The summed E-state index contributed by atoms with van der Waals surface area (Å²) in [4.78, 5) is -0.457. The summed E-state index contributed by atoms with van der Waals surface area (Å²) in [6.07, 6.45) is -0.611. The lowest BCUT2D eigenvalue weighted by molar-refractivity contribution is 0.213. The number of alkyl halides is 2. The molecule has 0 heterocycles. The van der Waals surface area contributed by atoms with E-state index in [0.29, 0.717) is 5.33 Å². The standard InChI is InChI=1S/C4H5Br2NO/c5-1-4(8)3(6)2-7/h3-4,8H,1H2/t3-,4+/m0/s1. The largest absolute Gasteiger partial charge is 0.390 e. The van der Waals surface area contributed by atoms with Gasteiger partial charge in [0, 0.05) is 5.33 Å². The molecule has 2 nitrogen and oxygen atoms in total. The van der Waals surface area contributed by atoms with E-state index in [1.165, 1.54) is 0 Å². The van der Waals surface area contributed by atoms with E-state index in [4.69, 9.17) is 10.4 Å². The van der Waals surface area contributed by atoms with Crippen LogP contribution in [0.1, 0.15) is 0 Å². The second kappa shape index (κ2) is 4.30. The fourth-order valence-electron chi connectivity index (χ4n) is 0.164. The van der Waals surface area contributed by atoms with Gasteiger partial charge in [-0.25, -0.2) is 0 Å². The highest BCUT2D eigenvalue weighted by Gasteiger charge is 2.11. The zero-order chi connectivity index (χ0) is 6.57. The normalized spacial score (nSPS) is 16.8. The predicted octanol–water partition coefficient (Wildman–Crippen LogP) is 1.03. The van der Waals surface area contributed by atoms with Crippen LogP contribution in [0.5, 0.6) is 0 Å². The average Bonchev–Trinajstić information content (AvgIpc) is 1.84. The first kappa shape index (κ1) is 8.41. The first-order valence-corrected chi connectivity index (χ1v) is 4.03. The Bertz CT molecular complexity index is 101. The number of hydrogen-bond donors (Lipinski definition) is 1. The van der Waals surface area contributed by atoms with Crippen molar-refractivity contribution in [3.63, 3.8) is 0 Å². The minimum absolute atomic E-state index is 0.427. The summed E-state index contributed by atoms with van der Waals surface area (Å²) in [6.45, 7) is 0. The molecule has 0 aromatic carbocycles. The molecule has 2 atom stereocenters. The van der Waals surface area contributed by atoms with Crippen molar-refractivity contribution in [2.45, 2.75) is 10.9 Å². The van der Waals surface area contributed by atoms with E-state index in [1.807, 2.05) is 6.07 Å². The Kier molecular flexibility index (Phi) is 4.53. The predicted molar refractivity (Wildman–Crippen MR) is 38.1 cm³/mol. The van der Waals surface area contributed by atoms with Crippen LogP contribution < -0.4 is 0 Å². The van der Waals surface area contributed by atoms with Crippen molar-refractivity contribution in [2.24, 2.45) is 0 Å². The smallest absolute Gasteiger partial charge is 0.128 e. The Labute approximate surface area is 64.8 Å². The summed E-state index contributed by atoms with van der Waals surface area (Å²) in [5.74, 6) is 0. The minimum Gasteiger partial charge on any atom is -0.390 e. The highest BCUT2D eigenvalue weighted by atomic mass is 79.9. The van der Waals surface area contributed by atoms with Crippen LogP contribution in [0.2, 0.25) is 0 Å². The van der Waals surface area contributed by atoms with Gasteiger partial charge in [-0.15, -0.1) is 0 Å². The molecule has 0 aromatic rings. The van der Waals surface area contributed by atoms with Gasteiger partial charge in [0.25, 0.3) is 0 Å². The summed E-state index contributed by atoms with van der Waals surface area (Å²) in [6, 6.07) is 1.85. The van der Waals surface area contributed by atoms with Crippen molar-refractivity contribution in [1.29, 1.82) is 5.26 Å².